The summed E-state index contributed by atoms with van der Waals surface area (Å²) in [5.74, 6) is 1.27. The normalized spacial score (nSPS) is 15.4. The van der Waals surface area contributed by atoms with Crippen molar-refractivity contribution in [3.05, 3.63) is 107 Å². The van der Waals surface area contributed by atoms with Crippen molar-refractivity contribution in [1.82, 2.24) is 4.57 Å². The molecule has 0 saturated heterocycles. The van der Waals surface area contributed by atoms with Gasteiger partial charge in [0.15, 0.2) is 4.80 Å². The Morgan fingerprint density at radius 1 is 1.19 bits per heavy atom. The summed E-state index contributed by atoms with van der Waals surface area (Å²) in [5, 5.41) is 0. The predicted octanol–water partition coefficient (Wildman–Crippen LogP) is 4.83. The molecule has 1 aliphatic rings. The number of carbonyl (C=O) groups excluding carboxylic acids is 1. The number of aromatic nitrogens is 1. The lowest BCUT2D eigenvalue weighted by atomic mass is 9.95. The highest BCUT2D eigenvalue weighted by Crippen LogP contribution is 2.35. The van der Waals surface area contributed by atoms with Crippen LogP contribution in [0.15, 0.2) is 90.6 Å². The molecule has 0 N–H and O–H groups in total. The van der Waals surface area contributed by atoms with Crippen molar-refractivity contribution in [3.63, 3.8) is 0 Å². The smallest absolute Gasteiger partial charge is 0.338 e. The van der Waals surface area contributed by atoms with Gasteiger partial charge in [-0.3, -0.25) is 9.36 Å². The van der Waals surface area contributed by atoms with E-state index in [1.54, 1.807) is 33.1 Å². The maximum absolute atomic E-state index is 13.8. The van der Waals surface area contributed by atoms with E-state index in [1.165, 1.54) is 15.9 Å². The summed E-state index contributed by atoms with van der Waals surface area (Å²) in [5.41, 5.74) is 2.11. The number of hydrogen-bond acceptors (Lipinski definition) is 7. The number of nitrogens with zero attached hydrogens (tertiary/aromatic N) is 2. The van der Waals surface area contributed by atoms with Crippen LogP contribution < -0.4 is 19.6 Å². The van der Waals surface area contributed by atoms with E-state index in [1.807, 2.05) is 54.6 Å². The Kier molecular flexibility index (Phi) is 6.99. The van der Waals surface area contributed by atoms with Crippen molar-refractivity contribution in [3.8, 4) is 17.1 Å². The summed E-state index contributed by atoms with van der Waals surface area (Å²) in [4.78, 5) is 31.9. The number of halogens is 1. The third kappa shape index (κ3) is 4.72. The fourth-order valence-corrected chi connectivity index (χ4v) is 5.76. The number of methoxy groups -OCH3 is 1. The first-order valence-electron chi connectivity index (χ1n) is 11.6. The average Bonchev–Trinajstić information content (AvgIpc) is 3.48. The van der Waals surface area contributed by atoms with Crippen molar-refractivity contribution in [2.45, 2.75) is 19.9 Å². The molecule has 37 heavy (non-hydrogen) atoms. The Morgan fingerprint density at radius 3 is 2.76 bits per heavy atom. The van der Waals surface area contributed by atoms with Gasteiger partial charge in [-0.2, -0.15) is 0 Å². The van der Waals surface area contributed by atoms with Crippen molar-refractivity contribution >= 4 is 39.3 Å². The molecule has 9 heteroatoms. The standard InChI is InChI=1S/C28H23BrN2O5S/c1-4-35-27(33)24-16(2)30-28-31(25(24)20-10-5-6-11-22(20)34-3)26(32)23(37-28)15-19-12-13-21(36-19)17-8-7-9-18(29)14-17/h5-15,25H,4H2,1-3H3/b23-15-. The van der Waals surface area contributed by atoms with E-state index in [2.05, 4.69) is 20.9 Å². The number of furan rings is 1. The van der Waals surface area contributed by atoms with Crippen LogP contribution in [-0.4, -0.2) is 24.3 Å². The van der Waals surface area contributed by atoms with E-state index >= 15 is 0 Å². The molecule has 1 unspecified atom stereocenters. The number of fused-ring (bicyclic) bond motifs is 1. The molecule has 3 heterocycles. The van der Waals surface area contributed by atoms with Crippen LogP contribution in [0.25, 0.3) is 17.4 Å². The Morgan fingerprint density at radius 2 is 2.00 bits per heavy atom. The van der Waals surface area contributed by atoms with Gasteiger partial charge in [0.2, 0.25) is 0 Å². The second-order valence-electron chi connectivity index (χ2n) is 8.26. The van der Waals surface area contributed by atoms with Gasteiger partial charge >= 0.3 is 5.97 Å². The molecule has 1 atom stereocenters. The maximum Gasteiger partial charge on any atom is 0.338 e. The quantitative estimate of drug-likeness (QED) is 0.306. The predicted molar refractivity (Wildman–Crippen MR) is 145 cm³/mol. The second kappa shape index (κ2) is 10.4. The van der Waals surface area contributed by atoms with Gasteiger partial charge < -0.3 is 13.9 Å². The van der Waals surface area contributed by atoms with E-state index in [0.29, 0.717) is 43.4 Å². The molecule has 0 radical (unpaired) electrons. The Balaban J connectivity index is 1.67. The number of carbonyl (C=O) groups is 1. The zero-order chi connectivity index (χ0) is 26.1. The van der Waals surface area contributed by atoms with E-state index in [9.17, 15) is 9.59 Å². The third-order valence-electron chi connectivity index (χ3n) is 5.96. The molecule has 2 aromatic carbocycles. The molecule has 1 aliphatic heterocycles. The first kappa shape index (κ1) is 25.0. The summed E-state index contributed by atoms with van der Waals surface area (Å²) in [7, 11) is 1.56. The number of hydrogen-bond donors (Lipinski definition) is 0. The van der Waals surface area contributed by atoms with Crippen LogP contribution in [0.2, 0.25) is 0 Å². The first-order valence-corrected chi connectivity index (χ1v) is 13.2. The van der Waals surface area contributed by atoms with Crippen LogP contribution in [0.3, 0.4) is 0 Å². The second-order valence-corrected chi connectivity index (χ2v) is 10.2. The lowest BCUT2D eigenvalue weighted by Crippen LogP contribution is -2.40. The largest absolute Gasteiger partial charge is 0.496 e. The maximum atomic E-state index is 13.8. The van der Waals surface area contributed by atoms with Gasteiger partial charge in [-0.25, -0.2) is 9.79 Å². The summed E-state index contributed by atoms with van der Waals surface area (Å²) >= 11 is 4.72. The van der Waals surface area contributed by atoms with Gasteiger partial charge in [0.1, 0.15) is 23.3 Å². The zero-order valence-electron chi connectivity index (χ0n) is 20.4. The molecular formula is C28H23BrN2O5S. The minimum absolute atomic E-state index is 0.206. The number of allylic oxidation sites excluding steroid dienone is 1. The number of para-hydroxylation sites is 1. The van der Waals surface area contributed by atoms with Gasteiger partial charge in [0, 0.05) is 21.7 Å². The Hall–Kier alpha value is -3.69. The minimum atomic E-state index is -0.748. The lowest BCUT2D eigenvalue weighted by molar-refractivity contribution is -0.139. The average molecular weight is 579 g/mol. The highest BCUT2D eigenvalue weighted by molar-refractivity contribution is 9.10. The summed E-state index contributed by atoms with van der Waals surface area (Å²) in [6.45, 7) is 3.70. The van der Waals surface area contributed by atoms with E-state index in [0.717, 1.165) is 10.0 Å². The van der Waals surface area contributed by atoms with Crippen molar-refractivity contribution < 1.29 is 18.7 Å². The van der Waals surface area contributed by atoms with Gasteiger partial charge in [-0.1, -0.05) is 57.6 Å². The van der Waals surface area contributed by atoms with E-state index in [-0.39, 0.29) is 12.2 Å². The summed E-state index contributed by atoms with van der Waals surface area (Å²) in [6, 6.07) is 18.1. The minimum Gasteiger partial charge on any atom is -0.496 e. The van der Waals surface area contributed by atoms with Gasteiger partial charge in [-0.05, 0) is 44.2 Å². The number of esters is 1. The highest BCUT2D eigenvalue weighted by Gasteiger charge is 2.34. The Bertz CT molecular complexity index is 1710. The van der Waals surface area contributed by atoms with Crippen LogP contribution in [0.4, 0.5) is 0 Å². The number of ether oxygens (including phenoxy) is 2. The van der Waals surface area contributed by atoms with Crippen LogP contribution in [0.5, 0.6) is 5.75 Å². The van der Waals surface area contributed by atoms with Crippen LogP contribution in [0, 0.1) is 0 Å². The highest BCUT2D eigenvalue weighted by atomic mass is 79.9. The molecule has 0 aliphatic carbocycles. The number of thiazole rings is 1. The summed E-state index contributed by atoms with van der Waals surface area (Å²) in [6.07, 6.45) is 1.70. The van der Waals surface area contributed by atoms with Gasteiger partial charge in [-0.15, -0.1) is 0 Å². The molecule has 0 bridgehead atoms. The molecule has 7 nitrogen and oxygen atoms in total. The van der Waals surface area contributed by atoms with E-state index < -0.39 is 12.0 Å². The van der Waals surface area contributed by atoms with Crippen molar-refractivity contribution in [2.75, 3.05) is 13.7 Å². The fourth-order valence-electron chi connectivity index (χ4n) is 4.33. The molecule has 2 aromatic heterocycles. The molecule has 4 aromatic rings. The monoisotopic (exact) mass is 578 g/mol. The van der Waals surface area contributed by atoms with Gasteiger partial charge in [0.05, 0.1) is 29.5 Å². The number of rotatable bonds is 6. The van der Waals surface area contributed by atoms with Crippen LogP contribution >= 0.6 is 27.3 Å². The first-order chi connectivity index (χ1) is 17.9. The molecule has 5 rings (SSSR count). The zero-order valence-corrected chi connectivity index (χ0v) is 22.8. The molecule has 188 valence electrons. The molecule has 0 fully saturated rings. The Labute approximate surface area is 225 Å². The van der Waals surface area contributed by atoms with E-state index in [4.69, 9.17) is 13.9 Å². The molecular weight excluding hydrogens is 556 g/mol. The summed E-state index contributed by atoms with van der Waals surface area (Å²) < 4.78 is 19.9. The van der Waals surface area contributed by atoms with Crippen LogP contribution in [-0.2, 0) is 9.53 Å². The fraction of sp³-hybridized carbons (Fsp3) is 0.179. The molecule has 0 amide bonds. The van der Waals surface area contributed by atoms with Gasteiger partial charge in [0.25, 0.3) is 5.56 Å². The third-order valence-corrected chi connectivity index (χ3v) is 7.44. The number of benzene rings is 2. The van der Waals surface area contributed by atoms with Crippen LogP contribution in [0.1, 0.15) is 31.2 Å². The van der Waals surface area contributed by atoms with Crippen molar-refractivity contribution in [2.24, 2.45) is 4.99 Å². The molecule has 0 saturated carbocycles. The SMILES string of the molecule is CCOC(=O)C1=C(C)N=c2s/c(=C\c3ccc(-c4cccc(Br)c4)o3)c(=O)n2C1c1ccccc1OC. The lowest BCUT2D eigenvalue weighted by Gasteiger charge is -2.25. The molecule has 0 spiro atoms. The van der Waals surface area contributed by atoms with Crippen molar-refractivity contribution in [1.29, 1.82) is 0 Å². The topological polar surface area (TPSA) is 83.0 Å².